The summed E-state index contributed by atoms with van der Waals surface area (Å²) < 4.78 is 93.6. The maximum Gasteiger partial charge on any atom is 0.416 e. The molecule has 1 aliphatic heterocycles. The van der Waals surface area contributed by atoms with Gasteiger partial charge in [0.15, 0.2) is 0 Å². The molecular formula is C24H24F7N3O3. The van der Waals surface area contributed by atoms with Gasteiger partial charge in [0.2, 0.25) is 0 Å². The Labute approximate surface area is 207 Å². The normalized spacial score (nSPS) is 17.5. The van der Waals surface area contributed by atoms with Gasteiger partial charge in [-0.25, -0.2) is 14.0 Å². The predicted octanol–water partition coefficient (Wildman–Crippen LogP) is 6.32. The van der Waals surface area contributed by atoms with Crippen molar-refractivity contribution in [2.24, 2.45) is 0 Å². The average Bonchev–Trinajstić information content (AvgIpc) is 2.81. The standard InChI is InChI=1S/C24H24F7N3O3/c1-13-8-18(25)4-5-19(13)20-12-33(22(36)37)6-7-34(20)21(35)32(3)14(2)15-9-16(23(26,27)28)11-17(10-15)24(29,30)31/h4-5,8-11,14,20H,6-7,12H2,1-3H3,(H,36,37). The highest BCUT2D eigenvalue weighted by Gasteiger charge is 2.39. The SMILES string of the molecule is Cc1cc(F)ccc1C1CN(C(=O)O)CCN1C(=O)N(C)C(C)c1cc(C(F)(F)F)cc(C(F)(F)F)c1. The van der Waals surface area contributed by atoms with Crippen molar-refractivity contribution in [3.8, 4) is 0 Å². The van der Waals surface area contributed by atoms with Gasteiger partial charge < -0.3 is 19.8 Å². The van der Waals surface area contributed by atoms with Crippen LogP contribution in [0.15, 0.2) is 36.4 Å². The summed E-state index contributed by atoms with van der Waals surface area (Å²) in [6.45, 7) is 2.55. The summed E-state index contributed by atoms with van der Waals surface area (Å²) in [6.07, 6.45) is -11.3. The molecule has 1 fully saturated rings. The highest BCUT2D eigenvalue weighted by Crippen LogP contribution is 2.39. The molecule has 0 saturated carbocycles. The molecule has 13 heteroatoms. The van der Waals surface area contributed by atoms with Gasteiger partial charge in [0.1, 0.15) is 5.82 Å². The summed E-state index contributed by atoms with van der Waals surface area (Å²) in [5.74, 6) is -0.541. The van der Waals surface area contributed by atoms with Crippen molar-refractivity contribution in [2.45, 2.75) is 38.3 Å². The van der Waals surface area contributed by atoms with Gasteiger partial charge in [-0.2, -0.15) is 26.3 Å². The molecule has 0 aromatic heterocycles. The number of hydrogen-bond acceptors (Lipinski definition) is 2. The molecule has 2 aromatic carbocycles. The van der Waals surface area contributed by atoms with Crippen LogP contribution in [0.1, 0.15) is 46.8 Å². The number of urea groups is 1. The summed E-state index contributed by atoms with van der Waals surface area (Å²) in [5, 5.41) is 9.44. The van der Waals surface area contributed by atoms with Crippen molar-refractivity contribution in [3.05, 3.63) is 70.0 Å². The van der Waals surface area contributed by atoms with E-state index < -0.39 is 53.5 Å². The second kappa shape index (κ2) is 10.1. The van der Waals surface area contributed by atoms with Crippen molar-refractivity contribution in [3.63, 3.8) is 0 Å². The topological polar surface area (TPSA) is 64.1 Å². The van der Waals surface area contributed by atoms with E-state index in [2.05, 4.69) is 0 Å². The molecule has 2 aromatic rings. The Balaban J connectivity index is 1.98. The number of carbonyl (C=O) groups excluding carboxylic acids is 1. The number of carbonyl (C=O) groups is 2. The van der Waals surface area contributed by atoms with Crippen LogP contribution in [-0.2, 0) is 12.4 Å². The third kappa shape index (κ3) is 6.08. The molecule has 1 heterocycles. The number of hydrogen-bond donors (Lipinski definition) is 1. The first-order valence-corrected chi connectivity index (χ1v) is 11.1. The maximum absolute atomic E-state index is 13.7. The van der Waals surface area contributed by atoms with Crippen molar-refractivity contribution in [1.29, 1.82) is 0 Å². The minimum absolute atomic E-state index is 0.0104. The van der Waals surface area contributed by atoms with Gasteiger partial charge in [-0.1, -0.05) is 6.07 Å². The fourth-order valence-corrected chi connectivity index (χ4v) is 4.28. The summed E-state index contributed by atoms with van der Waals surface area (Å²) in [6, 6.07) is 2.11. The van der Waals surface area contributed by atoms with Crippen molar-refractivity contribution >= 4 is 12.1 Å². The van der Waals surface area contributed by atoms with Crippen LogP contribution >= 0.6 is 0 Å². The summed E-state index contributed by atoms with van der Waals surface area (Å²) >= 11 is 0. The van der Waals surface area contributed by atoms with E-state index in [1.165, 1.54) is 31.0 Å². The van der Waals surface area contributed by atoms with Gasteiger partial charge in [0, 0.05) is 26.7 Å². The molecular weight excluding hydrogens is 511 g/mol. The molecule has 0 bridgehead atoms. The van der Waals surface area contributed by atoms with Crippen LogP contribution in [0.4, 0.5) is 40.3 Å². The molecule has 3 amide bonds. The molecule has 1 aliphatic rings. The van der Waals surface area contributed by atoms with Gasteiger partial charge in [0.05, 0.1) is 23.2 Å². The predicted molar refractivity (Wildman–Crippen MR) is 118 cm³/mol. The number of rotatable bonds is 3. The smallest absolute Gasteiger partial charge is 0.416 e. The largest absolute Gasteiger partial charge is 0.465 e. The second-order valence-electron chi connectivity index (χ2n) is 8.85. The van der Waals surface area contributed by atoms with Gasteiger partial charge in [-0.05, 0) is 60.9 Å². The number of halogens is 7. The average molecular weight is 535 g/mol. The first kappa shape index (κ1) is 28.1. The van der Waals surface area contributed by atoms with Crippen LogP contribution in [0, 0.1) is 12.7 Å². The second-order valence-corrected chi connectivity index (χ2v) is 8.85. The van der Waals surface area contributed by atoms with Crippen molar-refractivity contribution in [2.75, 3.05) is 26.7 Å². The summed E-state index contributed by atoms with van der Waals surface area (Å²) in [4.78, 5) is 28.4. The molecule has 1 N–H and O–H groups in total. The lowest BCUT2D eigenvalue weighted by molar-refractivity contribution is -0.143. The zero-order chi connectivity index (χ0) is 27.9. The van der Waals surface area contributed by atoms with Crippen LogP contribution in [0.2, 0.25) is 0 Å². The van der Waals surface area contributed by atoms with Crippen LogP contribution in [-0.4, -0.2) is 58.6 Å². The molecule has 2 unspecified atom stereocenters. The molecule has 6 nitrogen and oxygen atoms in total. The third-order valence-electron chi connectivity index (χ3n) is 6.46. The van der Waals surface area contributed by atoms with E-state index in [9.17, 15) is 45.4 Å². The molecule has 3 rings (SSSR count). The summed E-state index contributed by atoms with van der Waals surface area (Å²) in [7, 11) is 1.23. The Kier molecular flexibility index (Phi) is 7.66. The van der Waals surface area contributed by atoms with Crippen LogP contribution < -0.4 is 0 Å². The number of aryl methyl sites for hydroxylation is 1. The van der Waals surface area contributed by atoms with Crippen LogP contribution in [0.25, 0.3) is 0 Å². The van der Waals surface area contributed by atoms with E-state index in [1.54, 1.807) is 6.92 Å². The summed E-state index contributed by atoms with van der Waals surface area (Å²) in [5.41, 5.74) is -2.48. The lowest BCUT2D eigenvalue weighted by Crippen LogP contribution is -2.55. The van der Waals surface area contributed by atoms with Gasteiger partial charge in [0.25, 0.3) is 0 Å². The lowest BCUT2D eigenvalue weighted by atomic mass is 9.97. The van der Waals surface area contributed by atoms with Crippen LogP contribution in [0.5, 0.6) is 0 Å². The number of piperazine rings is 1. The molecule has 0 radical (unpaired) electrons. The van der Waals surface area contributed by atoms with E-state index in [4.69, 9.17) is 0 Å². The first-order valence-electron chi connectivity index (χ1n) is 11.1. The Morgan fingerprint density at radius 1 is 1.00 bits per heavy atom. The third-order valence-corrected chi connectivity index (χ3v) is 6.46. The number of carboxylic acid groups (broad SMARTS) is 1. The first-order chi connectivity index (χ1) is 17.0. The Morgan fingerprint density at radius 3 is 2.05 bits per heavy atom. The number of benzene rings is 2. The Hall–Kier alpha value is -3.51. The van der Waals surface area contributed by atoms with Gasteiger partial charge >= 0.3 is 24.5 Å². The number of alkyl halides is 6. The number of nitrogens with zero attached hydrogens (tertiary/aromatic N) is 3. The Bertz CT molecular complexity index is 1150. The zero-order valence-electron chi connectivity index (χ0n) is 20.0. The van der Waals surface area contributed by atoms with Crippen molar-refractivity contribution in [1.82, 2.24) is 14.7 Å². The maximum atomic E-state index is 13.7. The molecule has 202 valence electrons. The molecule has 0 aliphatic carbocycles. The van der Waals surface area contributed by atoms with E-state index in [-0.39, 0.29) is 31.3 Å². The fourth-order valence-electron chi connectivity index (χ4n) is 4.28. The lowest BCUT2D eigenvalue weighted by Gasteiger charge is -2.43. The zero-order valence-corrected chi connectivity index (χ0v) is 20.0. The van der Waals surface area contributed by atoms with E-state index in [0.717, 1.165) is 15.9 Å². The van der Waals surface area contributed by atoms with Gasteiger partial charge in [-0.3, -0.25) is 0 Å². The van der Waals surface area contributed by atoms with E-state index in [0.29, 0.717) is 23.3 Å². The minimum atomic E-state index is -5.04. The molecule has 1 saturated heterocycles. The fraction of sp³-hybridized carbons (Fsp3) is 0.417. The Morgan fingerprint density at radius 2 is 1.57 bits per heavy atom. The van der Waals surface area contributed by atoms with E-state index in [1.807, 2.05) is 0 Å². The number of amides is 3. The molecule has 0 spiro atoms. The quantitative estimate of drug-likeness (QED) is 0.468. The van der Waals surface area contributed by atoms with Crippen molar-refractivity contribution < 1.29 is 45.4 Å². The minimum Gasteiger partial charge on any atom is -0.465 e. The molecule has 2 atom stereocenters. The monoisotopic (exact) mass is 535 g/mol. The van der Waals surface area contributed by atoms with Crippen LogP contribution in [0.3, 0.4) is 0 Å². The van der Waals surface area contributed by atoms with Gasteiger partial charge in [-0.15, -0.1) is 0 Å². The highest BCUT2D eigenvalue weighted by atomic mass is 19.4. The van der Waals surface area contributed by atoms with E-state index >= 15 is 0 Å². The highest BCUT2D eigenvalue weighted by molar-refractivity contribution is 5.76. The molecule has 37 heavy (non-hydrogen) atoms.